The number of carbonyl (C=O) groups is 1. The van der Waals surface area contributed by atoms with Gasteiger partial charge < -0.3 is 19.2 Å². The van der Waals surface area contributed by atoms with Gasteiger partial charge in [0.05, 0.1) is 12.2 Å². The van der Waals surface area contributed by atoms with Crippen LogP contribution in [-0.4, -0.2) is 47.8 Å². The van der Waals surface area contributed by atoms with Crippen LogP contribution in [-0.2, 0) is 4.74 Å². The molecule has 2 fully saturated rings. The molecule has 2 aromatic rings. The Hall–Kier alpha value is -1.85. The lowest BCUT2D eigenvalue weighted by atomic mass is 9.58. The second-order valence-electron chi connectivity index (χ2n) is 6.87. The molecular formula is C19H23NO4. The van der Waals surface area contributed by atoms with Crippen LogP contribution >= 0.6 is 0 Å². The first kappa shape index (κ1) is 15.7. The fourth-order valence-corrected chi connectivity index (χ4v) is 4.19. The van der Waals surface area contributed by atoms with E-state index in [9.17, 15) is 9.90 Å². The first-order valence-electron chi connectivity index (χ1n) is 8.71. The Bertz CT molecular complexity index is 710. The Labute approximate surface area is 141 Å². The number of hydrogen-bond acceptors (Lipinski definition) is 4. The number of rotatable bonds is 3. The highest BCUT2D eigenvalue weighted by atomic mass is 16.5. The highest BCUT2D eigenvalue weighted by Crippen LogP contribution is 2.51. The molecule has 1 aliphatic carbocycles. The lowest BCUT2D eigenvalue weighted by Gasteiger charge is -2.56. The molecule has 1 aliphatic heterocycles. The molecule has 4 rings (SSSR count). The number of nitrogens with zero attached hydrogens (tertiary/aromatic N) is 1. The van der Waals surface area contributed by atoms with Crippen LogP contribution in [0.2, 0.25) is 0 Å². The highest BCUT2D eigenvalue weighted by Gasteiger charge is 2.56. The second kappa shape index (κ2) is 5.90. The summed E-state index contributed by atoms with van der Waals surface area (Å²) in [5.74, 6) is 0.325. The van der Waals surface area contributed by atoms with Crippen molar-refractivity contribution in [3.8, 4) is 0 Å². The highest BCUT2D eigenvalue weighted by molar-refractivity contribution is 5.96. The van der Waals surface area contributed by atoms with Crippen LogP contribution in [0, 0.1) is 5.41 Å². The summed E-state index contributed by atoms with van der Waals surface area (Å²) in [6.07, 6.45) is 2.10. The van der Waals surface area contributed by atoms with Gasteiger partial charge >= 0.3 is 0 Å². The van der Waals surface area contributed by atoms with Crippen molar-refractivity contribution in [3.05, 3.63) is 36.1 Å². The molecule has 0 bridgehead atoms. The molecule has 2 heterocycles. The minimum Gasteiger partial charge on any atom is -0.451 e. The molecule has 24 heavy (non-hydrogen) atoms. The normalized spacial score (nSPS) is 25.8. The van der Waals surface area contributed by atoms with Gasteiger partial charge in [-0.25, -0.2) is 0 Å². The Kier molecular flexibility index (Phi) is 3.85. The van der Waals surface area contributed by atoms with E-state index in [2.05, 4.69) is 0 Å². The smallest absolute Gasteiger partial charge is 0.289 e. The van der Waals surface area contributed by atoms with Gasteiger partial charge in [-0.15, -0.1) is 0 Å². The van der Waals surface area contributed by atoms with E-state index in [1.165, 1.54) is 0 Å². The maximum absolute atomic E-state index is 12.7. The number of ether oxygens (including phenoxy) is 1. The van der Waals surface area contributed by atoms with Gasteiger partial charge in [0.2, 0.25) is 0 Å². The summed E-state index contributed by atoms with van der Waals surface area (Å²) in [6.45, 7) is 3.92. The van der Waals surface area contributed by atoms with Crippen LogP contribution < -0.4 is 0 Å². The zero-order valence-corrected chi connectivity index (χ0v) is 13.9. The number of aliphatic hydroxyl groups is 1. The minimum atomic E-state index is -0.308. The van der Waals surface area contributed by atoms with Crippen molar-refractivity contribution in [2.45, 2.75) is 38.4 Å². The number of hydrogen-bond donors (Lipinski definition) is 1. The van der Waals surface area contributed by atoms with Crippen LogP contribution in [0.4, 0.5) is 0 Å². The summed E-state index contributed by atoms with van der Waals surface area (Å²) in [7, 11) is 0. The molecule has 5 heteroatoms. The number of furan rings is 1. The second-order valence-corrected chi connectivity index (χ2v) is 6.87. The number of amides is 1. The van der Waals surface area contributed by atoms with Crippen LogP contribution in [0.15, 0.2) is 34.7 Å². The molecule has 0 radical (unpaired) electrons. The largest absolute Gasteiger partial charge is 0.451 e. The lowest BCUT2D eigenvalue weighted by molar-refractivity contribution is -0.207. The van der Waals surface area contributed by atoms with Crippen molar-refractivity contribution < 1.29 is 19.1 Å². The van der Waals surface area contributed by atoms with E-state index < -0.39 is 0 Å². The fraction of sp³-hybridized carbons (Fsp3) is 0.526. The number of piperidine rings is 1. The van der Waals surface area contributed by atoms with E-state index in [1.807, 2.05) is 42.2 Å². The third-order valence-corrected chi connectivity index (χ3v) is 5.73. The summed E-state index contributed by atoms with van der Waals surface area (Å²) >= 11 is 0. The van der Waals surface area contributed by atoms with Gasteiger partial charge in [-0.1, -0.05) is 18.2 Å². The third-order valence-electron chi connectivity index (χ3n) is 5.73. The lowest BCUT2D eigenvalue weighted by Crippen LogP contribution is -2.62. The molecule has 1 amide bonds. The summed E-state index contributed by atoms with van der Waals surface area (Å²) < 4.78 is 11.5. The Morgan fingerprint density at radius 2 is 2.12 bits per heavy atom. The quantitative estimate of drug-likeness (QED) is 0.940. The molecule has 2 atom stereocenters. The first-order chi connectivity index (χ1) is 11.6. The van der Waals surface area contributed by atoms with Gasteiger partial charge in [0.25, 0.3) is 5.91 Å². The topological polar surface area (TPSA) is 62.9 Å². The molecule has 1 aromatic carbocycles. The predicted octanol–water partition coefficient (Wildman–Crippen LogP) is 2.82. The van der Waals surface area contributed by atoms with Gasteiger partial charge in [0, 0.05) is 36.9 Å². The predicted molar refractivity (Wildman–Crippen MR) is 89.8 cm³/mol. The Morgan fingerprint density at radius 1 is 1.38 bits per heavy atom. The van der Waals surface area contributed by atoms with Gasteiger partial charge in [-0.3, -0.25) is 4.79 Å². The molecule has 5 nitrogen and oxygen atoms in total. The number of para-hydroxylation sites is 1. The zero-order valence-electron chi connectivity index (χ0n) is 13.9. The molecule has 1 aromatic heterocycles. The molecule has 2 aliphatic rings. The minimum absolute atomic E-state index is 0.0668. The van der Waals surface area contributed by atoms with E-state index >= 15 is 0 Å². The molecule has 2 unspecified atom stereocenters. The molecular weight excluding hydrogens is 306 g/mol. The maximum Gasteiger partial charge on any atom is 0.289 e. The zero-order chi connectivity index (χ0) is 16.7. The van der Waals surface area contributed by atoms with Gasteiger partial charge in [-0.05, 0) is 31.9 Å². The first-order valence-corrected chi connectivity index (χ1v) is 8.71. The third kappa shape index (κ3) is 2.34. The van der Waals surface area contributed by atoms with Crippen LogP contribution in [0.3, 0.4) is 0 Å². The van der Waals surface area contributed by atoms with Gasteiger partial charge in [0.1, 0.15) is 5.58 Å². The molecule has 1 spiro atoms. The standard InChI is InChI=1S/C19H23NO4/c1-2-23-17-12-16(21)19(17)7-9-20(10-8-19)18(22)15-11-13-5-3-4-6-14(13)24-15/h3-6,11,16-17,21H,2,7-10,12H2,1H3. The van der Waals surface area contributed by atoms with Crippen molar-refractivity contribution >= 4 is 16.9 Å². The molecule has 1 saturated carbocycles. The van der Waals surface area contributed by atoms with Crippen molar-refractivity contribution in [1.29, 1.82) is 0 Å². The van der Waals surface area contributed by atoms with Crippen molar-refractivity contribution in [2.24, 2.45) is 5.41 Å². The summed E-state index contributed by atoms with van der Waals surface area (Å²) in [5, 5.41) is 11.2. The Morgan fingerprint density at radius 3 is 2.79 bits per heavy atom. The maximum atomic E-state index is 12.7. The average molecular weight is 329 g/mol. The molecule has 1 N–H and O–H groups in total. The molecule has 1 saturated heterocycles. The van der Waals surface area contributed by atoms with Crippen molar-refractivity contribution in [3.63, 3.8) is 0 Å². The number of aliphatic hydroxyl groups excluding tert-OH is 1. The van der Waals surface area contributed by atoms with E-state index in [1.54, 1.807) is 0 Å². The fourth-order valence-electron chi connectivity index (χ4n) is 4.19. The monoisotopic (exact) mass is 329 g/mol. The molecule has 128 valence electrons. The van der Waals surface area contributed by atoms with Crippen LogP contribution in [0.25, 0.3) is 11.0 Å². The van der Waals surface area contributed by atoms with Crippen molar-refractivity contribution in [2.75, 3.05) is 19.7 Å². The van der Waals surface area contributed by atoms with E-state index in [4.69, 9.17) is 9.15 Å². The summed E-state index contributed by atoms with van der Waals surface area (Å²) in [6, 6.07) is 9.45. The number of fused-ring (bicyclic) bond motifs is 1. The van der Waals surface area contributed by atoms with Crippen molar-refractivity contribution in [1.82, 2.24) is 4.90 Å². The Balaban J connectivity index is 1.46. The summed E-state index contributed by atoms with van der Waals surface area (Å²) in [5.41, 5.74) is 0.570. The van der Waals surface area contributed by atoms with Crippen LogP contribution in [0.5, 0.6) is 0 Å². The van der Waals surface area contributed by atoms with Gasteiger partial charge in [-0.2, -0.15) is 0 Å². The van der Waals surface area contributed by atoms with Gasteiger partial charge in [0.15, 0.2) is 5.76 Å². The van der Waals surface area contributed by atoms with E-state index in [0.717, 1.165) is 23.8 Å². The SMILES string of the molecule is CCOC1CC(O)C12CCN(C(=O)c1cc3ccccc3o1)CC2. The number of likely N-dealkylation sites (tertiary alicyclic amines) is 1. The van der Waals surface area contributed by atoms with Crippen LogP contribution in [0.1, 0.15) is 36.7 Å². The number of carbonyl (C=O) groups excluding carboxylic acids is 1. The average Bonchev–Trinajstić information content (AvgIpc) is 3.05. The van der Waals surface area contributed by atoms with E-state index in [0.29, 0.717) is 31.9 Å². The number of benzene rings is 1. The van der Waals surface area contributed by atoms with E-state index in [-0.39, 0.29) is 23.5 Å². The summed E-state index contributed by atoms with van der Waals surface area (Å²) in [4.78, 5) is 14.5.